The van der Waals surface area contributed by atoms with E-state index in [4.69, 9.17) is 0 Å². The zero-order valence-electron chi connectivity index (χ0n) is 13.5. The Labute approximate surface area is 151 Å². The molecule has 0 aromatic heterocycles. The highest BCUT2D eigenvalue weighted by Crippen LogP contribution is 2.20. The molecule has 5 nitrogen and oxygen atoms in total. The second kappa shape index (κ2) is 7.91. The number of amides is 1. The summed E-state index contributed by atoms with van der Waals surface area (Å²) in [5.41, 5.74) is 0.365. The van der Waals surface area contributed by atoms with E-state index in [0.29, 0.717) is 11.6 Å². The lowest BCUT2D eigenvalue weighted by atomic mass is 10.1. The number of sulfonamides is 1. The molecular formula is C16H13F5N2O3S. The van der Waals surface area contributed by atoms with E-state index < -0.39 is 45.2 Å². The van der Waals surface area contributed by atoms with Crippen LogP contribution in [-0.2, 0) is 21.2 Å². The Kier molecular flexibility index (Phi) is 6.04. The molecule has 0 atom stereocenters. The van der Waals surface area contributed by atoms with Crippen LogP contribution in [0, 0.1) is 11.6 Å². The summed E-state index contributed by atoms with van der Waals surface area (Å²) in [6, 6.07) is 7.15. The van der Waals surface area contributed by atoms with Crippen LogP contribution in [0.15, 0.2) is 47.4 Å². The quantitative estimate of drug-likeness (QED) is 0.722. The summed E-state index contributed by atoms with van der Waals surface area (Å²) in [5.74, 6) is -3.05. The van der Waals surface area contributed by atoms with Gasteiger partial charge in [-0.05, 0) is 29.8 Å². The summed E-state index contributed by atoms with van der Waals surface area (Å²) in [6.07, 6.45) is -4.86. The molecule has 2 aromatic rings. The van der Waals surface area contributed by atoms with E-state index in [1.807, 2.05) is 0 Å². The third-order valence-corrected chi connectivity index (χ3v) is 4.65. The molecule has 0 bridgehead atoms. The fraction of sp³-hybridized carbons (Fsp3) is 0.188. The van der Waals surface area contributed by atoms with Gasteiger partial charge in [0.05, 0.1) is 6.42 Å². The number of nitrogens with one attached hydrogen (secondary N) is 2. The Hall–Kier alpha value is -2.69. The minimum Gasteiger partial charge on any atom is -0.347 e. The molecule has 0 aliphatic rings. The molecule has 0 unspecified atom stereocenters. The molecule has 1 amide bonds. The van der Waals surface area contributed by atoms with Crippen molar-refractivity contribution in [1.29, 1.82) is 0 Å². The lowest BCUT2D eigenvalue weighted by molar-refractivity contribution is -0.138. The van der Waals surface area contributed by atoms with E-state index in [2.05, 4.69) is 4.72 Å². The largest absolute Gasteiger partial charge is 0.405 e. The summed E-state index contributed by atoms with van der Waals surface area (Å²) in [6.45, 7) is -1.45. The first-order valence-corrected chi connectivity index (χ1v) is 8.85. The lowest BCUT2D eigenvalue weighted by Gasteiger charge is -2.10. The Morgan fingerprint density at radius 2 is 1.63 bits per heavy atom. The van der Waals surface area contributed by atoms with Gasteiger partial charge in [-0.1, -0.05) is 12.1 Å². The molecule has 0 saturated carbocycles. The number of rotatable bonds is 6. The molecule has 2 aromatic carbocycles. The fourth-order valence-electron chi connectivity index (χ4n) is 2.04. The first kappa shape index (κ1) is 20.6. The van der Waals surface area contributed by atoms with E-state index in [1.165, 1.54) is 24.3 Å². The summed E-state index contributed by atoms with van der Waals surface area (Å²) in [4.78, 5) is 10.7. The molecule has 0 radical (unpaired) electrons. The highest BCUT2D eigenvalue weighted by molar-refractivity contribution is 7.92. The Morgan fingerprint density at radius 1 is 1.00 bits per heavy atom. The maximum absolute atomic E-state index is 13.6. The summed E-state index contributed by atoms with van der Waals surface area (Å²) in [7, 11) is -4.32. The number of anilines is 1. The van der Waals surface area contributed by atoms with Crippen molar-refractivity contribution in [2.45, 2.75) is 17.5 Å². The number of hydrogen-bond donors (Lipinski definition) is 2. The Bertz CT molecular complexity index is 928. The molecule has 0 aliphatic heterocycles. The topological polar surface area (TPSA) is 75.3 Å². The predicted molar refractivity (Wildman–Crippen MR) is 86.4 cm³/mol. The minimum atomic E-state index is -4.52. The van der Waals surface area contributed by atoms with Gasteiger partial charge < -0.3 is 5.32 Å². The van der Waals surface area contributed by atoms with Gasteiger partial charge in [0.1, 0.15) is 23.1 Å². The average Bonchev–Trinajstić information content (AvgIpc) is 2.53. The summed E-state index contributed by atoms with van der Waals surface area (Å²) in [5, 5.41) is 1.71. The van der Waals surface area contributed by atoms with Crippen LogP contribution >= 0.6 is 0 Å². The first-order chi connectivity index (χ1) is 12.5. The first-order valence-electron chi connectivity index (χ1n) is 7.36. The molecule has 0 spiro atoms. The number of carbonyl (C=O) groups is 1. The van der Waals surface area contributed by atoms with Gasteiger partial charge in [0.2, 0.25) is 5.91 Å². The number of benzene rings is 2. The normalized spacial score (nSPS) is 11.9. The van der Waals surface area contributed by atoms with Gasteiger partial charge >= 0.3 is 6.18 Å². The highest BCUT2D eigenvalue weighted by Gasteiger charge is 2.27. The number of halogens is 5. The van der Waals surface area contributed by atoms with E-state index in [9.17, 15) is 35.2 Å². The van der Waals surface area contributed by atoms with Crippen LogP contribution in [0.25, 0.3) is 0 Å². The molecule has 11 heteroatoms. The minimum absolute atomic E-state index is 0.0261. The zero-order chi connectivity index (χ0) is 20.2. The third-order valence-electron chi connectivity index (χ3n) is 3.24. The molecule has 27 heavy (non-hydrogen) atoms. The van der Waals surface area contributed by atoms with E-state index in [1.54, 1.807) is 5.32 Å². The van der Waals surface area contributed by atoms with Gasteiger partial charge in [0, 0.05) is 11.8 Å². The van der Waals surface area contributed by atoms with Crippen LogP contribution in [-0.4, -0.2) is 27.0 Å². The van der Waals surface area contributed by atoms with Crippen molar-refractivity contribution in [3.05, 3.63) is 59.7 Å². The zero-order valence-corrected chi connectivity index (χ0v) is 14.3. The smallest absolute Gasteiger partial charge is 0.347 e. The van der Waals surface area contributed by atoms with Crippen LogP contribution in [0.1, 0.15) is 5.56 Å². The average molecular weight is 408 g/mol. The van der Waals surface area contributed by atoms with E-state index in [-0.39, 0.29) is 12.1 Å². The Balaban J connectivity index is 2.03. The van der Waals surface area contributed by atoms with E-state index >= 15 is 0 Å². The summed E-state index contributed by atoms with van der Waals surface area (Å²) < 4.78 is 88.9. The van der Waals surface area contributed by atoms with Crippen molar-refractivity contribution < 1.29 is 35.2 Å². The van der Waals surface area contributed by atoms with Gasteiger partial charge in [0.15, 0.2) is 0 Å². The maximum atomic E-state index is 13.6. The van der Waals surface area contributed by atoms with Crippen LogP contribution in [0.5, 0.6) is 0 Å². The highest BCUT2D eigenvalue weighted by atomic mass is 32.2. The van der Waals surface area contributed by atoms with Crippen molar-refractivity contribution in [3.63, 3.8) is 0 Å². The molecule has 0 fully saturated rings. The fourth-order valence-corrected chi connectivity index (χ4v) is 3.16. The van der Waals surface area contributed by atoms with Crippen LogP contribution in [0.2, 0.25) is 0 Å². The van der Waals surface area contributed by atoms with Gasteiger partial charge in [-0.2, -0.15) is 13.2 Å². The molecule has 0 saturated heterocycles. The van der Waals surface area contributed by atoms with Crippen molar-refractivity contribution >= 4 is 21.6 Å². The number of alkyl halides is 3. The monoisotopic (exact) mass is 408 g/mol. The van der Waals surface area contributed by atoms with Gasteiger partial charge in [0.25, 0.3) is 10.0 Å². The molecular weight excluding hydrogens is 395 g/mol. The summed E-state index contributed by atoms with van der Waals surface area (Å²) >= 11 is 0. The molecule has 0 heterocycles. The maximum Gasteiger partial charge on any atom is 0.405 e. The predicted octanol–water partition coefficient (Wildman–Crippen LogP) is 2.99. The standard InChI is InChI=1S/C16H13F5N2O3S/c17-11-3-6-14(13(18)8-11)27(25,26)23-12-4-1-10(2-5-12)7-15(24)22-9-16(19,20)21/h1-6,8,23H,7,9H2,(H,22,24). The van der Waals surface area contributed by atoms with Crippen LogP contribution < -0.4 is 10.0 Å². The van der Waals surface area contributed by atoms with Crippen molar-refractivity contribution in [2.75, 3.05) is 11.3 Å². The van der Waals surface area contributed by atoms with Crippen molar-refractivity contribution in [3.8, 4) is 0 Å². The second-order valence-corrected chi connectivity index (χ2v) is 7.10. The molecule has 2 N–H and O–H groups in total. The number of hydrogen-bond acceptors (Lipinski definition) is 3. The SMILES string of the molecule is O=C(Cc1ccc(NS(=O)(=O)c2ccc(F)cc2F)cc1)NCC(F)(F)F. The molecule has 2 rings (SSSR count). The van der Waals surface area contributed by atoms with Gasteiger partial charge in [-0.3, -0.25) is 9.52 Å². The van der Waals surface area contributed by atoms with Crippen LogP contribution in [0.3, 0.4) is 0 Å². The van der Waals surface area contributed by atoms with Gasteiger partial charge in [-0.15, -0.1) is 0 Å². The van der Waals surface area contributed by atoms with Crippen molar-refractivity contribution in [2.24, 2.45) is 0 Å². The van der Waals surface area contributed by atoms with Gasteiger partial charge in [-0.25, -0.2) is 17.2 Å². The van der Waals surface area contributed by atoms with Crippen molar-refractivity contribution in [1.82, 2.24) is 5.32 Å². The third kappa shape index (κ3) is 6.20. The van der Waals surface area contributed by atoms with Crippen LogP contribution in [0.4, 0.5) is 27.6 Å². The Morgan fingerprint density at radius 3 is 2.19 bits per heavy atom. The molecule has 0 aliphatic carbocycles. The number of carbonyl (C=O) groups excluding carboxylic acids is 1. The second-order valence-electron chi connectivity index (χ2n) is 5.45. The van der Waals surface area contributed by atoms with E-state index in [0.717, 1.165) is 12.1 Å². The lowest BCUT2D eigenvalue weighted by Crippen LogP contribution is -2.34. The molecule has 146 valence electrons.